The maximum atomic E-state index is 12.0. The summed E-state index contributed by atoms with van der Waals surface area (Å²) in [5.74, 6) is 1.42. The van der Waals surface area contributed by atoms with Crippen molar-refractivity contribution in [3.63, 3.8) is 0 Å². The Morgan fingerprint density at radius 3 is 2.83 bits per heavy atom. The quantitative estimate of drug-likeness (QED) is 0.830. The van der Waals surface area contributed by atoms with Crippen molar-refractivity contribution in [1.82, 2.24) is 15.3 Å². The standard InChI is InChI=1S/C17H28N4O2/c1-5-6-14-10-21(16-9-18-12(2)13(3)19-16)11-15(14)20-17(22)7-8-23-4/h9,14-15H,5-8,10-11H2,1-4H3,(H,20,22)/t14-,15-/m1/s1. The molecule has 1 saturated heterocycles. The van der Waals surface area contributed by atoms with Crippen molar-refractivity contribution in [2.24, 2.45) is 5.92 Å². The van der Waals surface area contributed by atoms with Crippen LogP contribution in [-0.2, 0) is 9.53 Å². The highest BCUT2D eigenvalue weighted by Crippen LogP contribution is 2.26. The van der Waals surface area contributed by atoms with E-state index < -0.39 is 0 Å². The first-order chi connectivity index (χ1) is 11.0. The van der Waals surface area contributed by atoms with E-state index in [2.05, 4.69) is 27.1 Å². The van der Waals surface area contributed by atoms with Gasteiger partial charge in [0.25, 0.3) is 0 Å². The molecular weight excluding hydrogens is 292 g/mol. The van der Waals surface area contributed by atoms with E-state index >= 15 is 0 Å². The zero-order valence-corrected chi connectivity index (χ0v) is 14.6. The van der Waals surface area contributed by atoms with E-state index in [-0.39, 0.29) is 11.9 Å². The van der Waals surface area contributed by atoms with Gasteiger partial charge in [-0.25, -0.2) is 4.98 Å². The summed E-state index contributed by atoms with van der Waals surface area (Å²) in [6.07, 6.45) is 4.46. The molecule has 1 amide bonds. The zero-order chi connectivity index (χ0) is 16.8. The summed E-state index contributed by atoms with van der Waals surface area (Å²) in [5.41, 5.74) is 1.92. The largest absolute Gasteiger partial charge is 0.384 e. The first-order valence-corrected chi connectivity index (χ1v) is 8.38. The van der Waals surface area contributed by atoms with Gasteiger partial charge in [-0.2, -0.15) is 0 Å². The van der Waals surface area contributed by atoms with Crippen molar-refractivity contribution in [2.75, 3.05) is 31.7 Å². The van der Waals surface area contributed by atoms with Gasteiger partial charge in [0.1, 0.15) is 5.82 Å². The fraction of sp³-hybridized carbons (Fsp3) is 0.706. The molecular formula is C17H28N4O2. The lowest BCUT2D eigenvalue weighted by atomic mass is 9.98. The van der Waals surface area contributed by atoms with Crippen LogP contribution in [0.25, 0.3) is 0 Å². The Bertz CT molecular complexity index is 535. The highest BCUT2D eigenvalue weighted by atomic mass is 16.5. The van der Waals surface area contributed by atoms with Crippen molar-refractivity contribution in [1.29, 1.82) is 0 Å². The Kier molecular flexibility index (Phi) is 6.33. The molecule has 0 radical (unpaired) electrons. The number of aryl methyl sites for hydroxylation is 2. The average molecular weight is 320 g/mol. The van der Waals surface area contributed by atoms with E-state index in [1.807, 2.05) is 20.0 Å². The molecule has 6 nitrogen and oxygen atoms in total. The maximum Gasteiger partial charge on any atom is 0.222 e. The van der Waals surface area contributed by atoms with E-state index in [4.69, 9.17) is 4.74 Å². The minimum absolute atomic E-state index is 0.0611. The lowest BCUT2D eigenvalue weighted by molar-refractivity contribution is -0.122. The molecule has 0 unspecified atom stereocenters. The molecule has 1 N–H and O–H groups in total. The van der Waals surface area contributed by atoms with Gasteiger partial charge in [0, 0.05) is 26.6 Å². The molecule has 6 heteroatoms. The number of anilines is 1. The lowest BCUT2D eigenvalue weighted by Crippen LogP contribution is -2.41. The fourth-order valence-electron chi connectivity index (χ4n) is 3.04. The zero-order valence-electron chi connectivity index (χ0n) is 14.6. The van der Waals surface area contributed by atoms with E-state index in [0.717, 1.165) is 43.1 Å². The third-order valence-electron chi connectivity index (χ3n) is 4.48. The van der Waals surface area contributed by atoms with Crippen LogP contribution in [-0.4, -0.2) is 48.7 Å². The van der Waals surface area contributed by atoms with Gasteiger partial charge in [-0.15, -0.1) is 0 Å². The smallest absolute Gasteiger partial charge is 0.222 e. The van der Waals surface area contributed by atoms with Crippen molar-refractivity contribution in [3.05, 3.63) is 17.6 Å². The Labute approximate surface area is 138 Å². The van der Waals surface area contributed by atoms with Gasteiger partial charge in [-0.1, -0.05) is 13.3 Å². The molecule has 0 spiro atoms. The molecule has 128 valence electrons. The second-order valence-electron chi connectivity index (χ2n) is 6.27. The van der Waals surface area contributed by atoms with Crippen LogP contribution in [0.5, 0.6) is 0 Å². The van der Waals surface area contributed by atoms with Gasteiger partial charge in [0.05, 0.1) is 30.2 Å². The number of aromatic nitrogens is 2. The average Bonchev–Trinajstić information content (AvgIpc) is 2.91. The molecule has 23 heavy (non-hydrogen) atoms. The van der Waals surface area contributed by atoms with E-state index in [9.17, 15) is 4.79 Å². The summed E-state index contributed by atoms with van der Waals surface area (Å²) in [6, 6.07) is 0.169. The minimum atomic E-state index is 0.0611. The SMILES string of the molecule is CCC[C@@H]1CN(c2cnc(C)c(C)n2)C[C@H]1NC(=O)CCOC. The third-order valence-corrected chi connectivity index (χ3v) is 4.48. The molecule has 0 saturated carbocycles. The topological polar surface area (TPSA) is 67.4 Å². The van der Waals surface area contributed by atoms with Gasteiger partial charge >= 0.3 is 0 Å². The first-order valence-electron chi connectivity index (χ1n) is 8.38. The molecule has 0 bridgehead atoms. The van der Waals surface area contributed by atoms with Crippen LogP contribution >= 0.6 is 0 Å². The van der Waals surface area contributed by atoms with E-state index in [1.54, 1.807) is 7.11 Å². The molecule has 0 aliphatic carbocycles. The van der Waals surface area contributed by atoms with Crippen molar-refractivity contribution in [3.8, 4) is 0 Å². The number of amides is 1. The Balaban J connectivity index is 2.04. The summed E-state index contributed by atoms with van der Waals surface area (Å²) >= 11 is 0. The molecule has 2 atom stereocenters. The van der Waals surface area contributed by atoms with Crippen LogP contribution in [0.1, 0.15) is 37.6 Å². The molecule has 0 aromatic carbocycles. The van der Waals surface area contributed by atoms with Gasteiger partial charge in [0.2, 0.25) is 5.91 Å². The number of methoxy groups -OCH3 is 1. The molecule has 1 aromatic rings. The van der Waals surface area contributed by atoms with Gasteiger partial charge in [-0.3, -0.25) is 9.78 Å². The molecule has 1 aromatic heterocycles. The van der Waals surface area contributed by atoms with Crippen LogP contribution in [0.2, 0.25) is 0 Å². The number of hydrogen-bond donors (Lipinski definition) is 1. The van der Waals surface area contributed by atoms with Crippen LogP contribution < -0.4 is 10.2 Å². The number of nitrogens with zero attached hydrogens (tertiary/aromatic N) is 3. The van der Waals surface area contributed by atoms with Gasteiger partial charge in [-0.05, 0) is 26.2 Å². The van der Waals surface area contributed by atoms with Crippen molar-refractivity contribution >= 4 is 11.7 Å². The van der Waals surface area contributed by atoms with Crippen molar-refractivity contribution in [2.45, 2.75) is 46.1 Å². The Hall–Kier alpha value is -1.69. The van der Waals surface area contributed by atoms with Crippen LogP contribution in [0, 0.1) is 19.8 Å². The van der Waals surface area contributed by atoms with Crippen molar-refractivity contribution < 1.29 is 9.53 Å². The fourth-order valence-corrected chi connectivity index (χ4v) is 3.04. The van der Waals surface area contributed by atoms with E-state index in [1.165, 1.54) is 0 Å². The summed E-state index contributed by atoms with van der Waals surface area (Å²) < 4.78 is 4.98. The normalized spacial score (nSPS) is 20.8. The number of nitrogens with one attached hydrogen (secondary N) is 1. The van der Waals surface area contributed by atoms with Gasteiger partial charge in [0.15, 0.2) is 0 Å². The molecule has 2 rings (SSSR count). The van der Waals surface area contributed by atoms with Crippen LogP contribution in [0.3, 0.4) is 0 Å². The lowest BCUT2D eigenvalue weighted by Gasteiger charge is -2.19. The predicted octanol–water partition coefficient (Wildman–Crippen LogP) is 1.85. The number of carbonyl (C=O) groups is 1. The summed E-state index contributed by atoms with van der Waals surface area (Å²) in [7, 11) is 1.61. The third kappa shape index (κ3) is 4.64. The van der Waals surface area contributed by atoms with E-state index in [0.29, 0.717) is 18.9 Å². The number of carbonyl (C=O) groups excluding carboxylic acids is 1. The second kappa shape index (κ2) is 8.24. The Morgan fingerprint density at radius 2 is 2.17 bits per heavy atom. The Morgan fingerprint density at radius 1 is 1.39 bits per heavy atom. The number of hydrogen-bond acceptors (Lipinski definition) is 5. The second-order valence-corrected chi connectivity index (χ2v) is 6.27. The summed E-state index contributed by atoms with van der Waals surface area (Å²) in [4.78, 5) is 23.3. The summed E-state index contributed by atoms with van der Waals surface area (Å²) in [5, 5.41) is 3.17. The summed E-state index contributed by atoms with van der Waals surface area (Å²) in [6.45, 7) is 8.30. The highest BCUT2D eigenvalue weighted by molar-refractivity contribution is 5.76. The number of ether oxygens (including phenoxy) is 1. The monoisotopic (exact) mass is 320 g/mol. The molecule has 1 fully saturated rings. The van der Waals surface area contributed by atoms with Crippen LogP contribution in [0.15, 0.2) is 6.20 Å². The molecule has 1 aliphatic heterocycles. The minimum Gasteiger partial charge on any atom is -0.384 e. The maximum absolute atomic E-state index is 12.0. The molecule has 2 heterocycles. The molecule has 1 aliphatic rings. The van der Waals surface area contributed by atoms with Gasteiger partial charge < -0.3 is 15.0 Å². The predicted molar refractivity (Wildman–Crippen MR) is 90.5 cm³/mol. The first kappa shape index (κ1) is 17.7. The number of rotatable bonds is 7. The van der Waals surface area contributed by atoms with Crippen LogP contribution in [0.4, 0.5) is 5.82 Å². The highest BCUT2D eigenvalue weighted by Gasteiger charge is 2.33.